The molecule has 0 saturated heterocycles. The minimum Gasteiger partial charge on any atom is -0.496 e. The number of hydrogen-bond acceptors (Lipinski definition) is 3. The average Bonchev–Trinajstić information content (AvgIpc) is 3.07. The van der Waals surface area contributed by atoms with Crippen LogP contribution >= 0.6 is 11.6 Å². The van der Waals surface area contributed by atoms with Gasteiger partial charge in [0, 0.05) is 27.7 Å². The molecule has 0 aliphatic carbocycles. The Bertz CT molecular complexity index is 1350. The molecule has 4 aromatic rings. The van der Waals surface area contributed by atoms with Crippen LogP contribution in [0.15, 0.2) is 65.8 Å². The minimum absolute atomic E-state index is 0.330. The summed E-state index contributed by atoms with van der Waals surface area (Å²) in [5, 5.41) is 6.90. The van der Waals surface area contributed by atoms with Crippen molar-refractivity contribution in [1.29, 1.82) is 0 Å². The second-order valence-corrected chi connectivity index (χ2v) is 8.05. The smallest absolute Gasteiger partial charge is 0.275 e. The first-order valence-corrected chi connectivity index (χ1v) is 10.6. The van der Waals surface area contributed by atoms with Gasteiger partial charge in [0.2, 0.25) is 0 Å². The van der Waals surface area contributed by atoms with Crippen molar-refractivity contribution in [2.24, 2.45) is 5.10 Å². The molecule has 1 heterocycles. The Balaban J connectivity index is 1.59. The number of hydrazone groups is 1. The molecular formula is C26H24ClN3O2. The number of carbonyl (C=O) groups excluding carboxylic acids is 1. The van der Waals surface area contributed by atoms with E-state index >= 15 is 0 Å². The van der Waals surface area contributed by atoms with E-state index in [9.17, 15) is 4.79 Å². The Morgan fingerprint density at radius 1 is 1.03 bits per heavy atom. The van der Waals surface area contributed by atoms with E-state index in [1.54, 1.807) is 13.3 Å². The summed E-state index contributed by atoms with van der Waals surface area (Å²) in [6.45, 7) is 6.05. The molecule has 0 unspecified atom stereocenters. The lowest BCUT2D eigenvalue weighted by molar-refractivity contribution is 0.0952. The summed E-state index contributed by atoms with van der Waals surface area (Å²) >= 11 is 6.32. The molecule has 1 N–H and O–H groups in total. The van der Waals surface area contributed by atoms with E-state index in [1.165, 1.54) is 0 Å². The first-order valence-electron chi connectivity index (χ1n) is 10.3. The van der Waals surface area contributed by atoms with Crippen LogP contribution in [0, 0.1) is 20.8 Å². The van der Waals surface area contributed by atoms with E-state index in [-0.39, 0.29) is 5.91 Å². The molecule has 0 bridgehead atoms. The summed E-state index contributed by atoms with van der Waals surface area (Å²) in [5.74, 6) is 0.175. The molecule has 32 heavy (non-hydrogen) atoms. The number of fused-ring (bicyclic) bond motifs is 1. The lowest BCUT2D eigenvalue weighted by Crippen LogP contribution is -2.18. The highest BCUT2D eigenvalue weighted by atomic mass is 35.5. The maximum absolute atomic E-state index is 12.8. The van der Waals surface area contributed by atoms with E-state index in [2.05, 4.69) is 15.1 Å². The number of benzene rings is 3. The zero-order valence-electron chi connectivity index (χ0n) is 18.4. The van der Waals surface area contributed by atoms with E-state index in [0.717, 1.165) is 44.0 Å². The molecule has 0 aliphatic rings. The van der Waals surface area contributed by atoms with Crippen molar-refractivity contribution >= 4 is 34.5 Å². The van der Waals surface area contributed by atoms with Crippen LogP contribution in [0.2, 0.25) is 5.02 Å². The number of nitrogens with one attached hydrogen (secondary N) is 1. The van der Waals surface area contributed by atoms with E-state index in [4.69, 9.17) is 16.3 Å². The molecule has 0 radical (unpaired) electrons. The summed E-state index contributed by atoms with van der Waals surface area (Å²) in [6, 6.07) is 19.4. The Morgan fingerprint density at radius 3 is 2.47 bits per heavy atom. The Labute approximate surface area is 192 Å². The zero-order chi connectivity index (χ0) is 22.8. The molecule has 0 atom stereocenters. The fraction of sp³-hybridized carbons (Fsp3) is 0.154. The summed E-state index contributed by atoms with van der Waals surface area (Å²) in [5.41, 5.74) is 8.06. The zero-order valence-corrected chi connectivity index (χ0v) is 19.2. The van der Waals surface area contributed by atoms with Gasteiger partial charge in [0.25, 0.3) is 5.91 Å². The lowest BCUT2D eigenvalue weighted by atomic mass is 10.1. The van der Waals surface area contributed by atoms with Gasteiger partial charge < -0.3 is 9.30 Å². The van der Waals surface area contributed by atoms with Gasteiger partial charge in [-0.3, -0.25) is 4.79 Å². The van der Waals surface area contributed by atoms with E-state index < -0.39 is 0 Å². The molecule has 4 rings (SSSR count). The third kappa shape index (κ3) is 3.99. The number of hydrogen-bond donors (Lipinski definition) is 1. The molecular weight excluding hydrogens is 422 g/mol. The number of amides is 1. The lowest BCUT2D eigenvalue weighted by Gasteiger charge is -2.13. The van der Waals surface area contributed by atoms with E-state index in [0.29, 0.717) is 11.3 Å². The van der Waals surface area contributed by atoms with E-state index in [1.807, 2.05) is 81.4 Å². The maximum Gasteiger partial charge on any atom is 0.275 e. The number of nitrogens with zero attached hydrogens (tertiary/aromatic N) is 2. The van der Waals surface area contributed by atoms with Gasteiger partial charge in [-0.1, -0.05) is 41.9 Å². The van der Waals surface area contributed by atoms with Crippen LogP contribution in [0.1, 0.15) is 32.9 Å². The monoisotopic (exact) mass is 445 g/mol. The van der Waals surface area contributed by atoms with Crippen LogP contribution in [0.3, 0.4) is 0 Å². The molecule has 0 fully saturated rings. The standard InChI is InChI=1S/C26H24ClN3O2/c1-16-12-21(18(3)30(16)24-11-7-10-23(27)17(24)2)15-28-29-26(31)22-13-19-8-5-6-9-20(19)14-25(22)32-4/h5-15H,1-4H3,(H,29,31). The van der Waals surface area contributed by atoms with Crippen molar-refractivity contribution in [3.63, 3.8) is 0 Å². The third-order valence-electron chi connectivity index (χ3n) is 5.63. The third-order valence-corrected chi connectivity index (χ3v) is 6.04. The first kappa shape index (κ1) is 21.7. The van der Waals surface area contributed by atoms with Crippen molar-refractivity contribution < 1.29 is 9.53 Å². The predicted molar refractivity (Wildman–Crippen MR) is 131 cm³/mol. The quantitative estimate of drug-likeness (QED) is 0.303. The number of carbonyl (C=O) groups is 1. The van der Waals surface area contributed by atoms with Gasteiger partial charge in [0.1, 0.15) is 5.75 Å². The highest BCUT2D eigenvalue weighted by molar-refractivity contribution is 6.31. The van der Waals surface area contributed by atoms with Crippen LogP contribution in [0.25, 0.3) is 16.5 Å². The van der Waals surface area contributed by atoms with Gasteiger partial charge >= 0.3 is 0 Å². The Kier molecular flexibility index (Phi) is 6.01. The number of rotatable bonds is 5. The van der Waals surface area contributed by atoms with Crippen LogP contribution in [-0.4, -0.2) is 23.8 Å². The van der Waals surface area contributed by atoms with Gasteiger partial charge in [-0.15, -0.1) is 0 Å². The van der Waals surface area contributed by atoms with Crippen molar-refractivity contribution in [1.82, 2.24) is 9.99 Å². The summed E-state index contributed by atoms with van der Waals surface area (Å²) in [7, 11) is 1.55. The normalized spacial score (nSPS) is 11.3. The fourth-order valence-electron chi connectivity index (χ4n) is 3.91. The van der Waals surface area contributed by atoms with Crippen molar-refractivity contribution in [2.45, 2.75) is 20.8 Å². The number of halogens is 1. The van der Waals surface area contributed by atoms with Gasteiger partial charge in [-0.2, -0.15) is 5.10 Å². The Hall–Kier alpha value is -3.57. The van der Waals surface area contributed by atoms with Crippen LogP contribution in [0.4, 0.5) is 0 Å². The Morgan fingerprint density at radius 2 is 1.75 bits per heavy atom. The maximum atomic E-state index is 12.8. The number of methoxy groups -OCH3 is 1. The highest BCUT2D eigenvalue weighted by Crippen LogP contribution is 2.27. The number of ether oxygens (including phenoxy) is 1. The van der Waals surface area contributed by atoms with Gasteiger partial charge in [-0.25, -0.2) is 5.43 Å². The molecule has 3 aromatic carbocycles. The van der Waals surface area contributed by atoms with Gasteiger partial charge in [-0.05, 0) is 67.4 Å². The summed E-state index contributed by atoms with van der Waals surface area (Å²) in [4.78, 5) is 12.8. The number of aryl methyl sites for hydroxylation is 1. The second kappa shape index (κ2) is 8.89. The molecule has 1 amide bonds. The largest absolute Gasteiger partial charge is 0.496 e. The molecule has 5 nitrogen and oxygen atoms in total. The molecule has 0 aliphatic heterocycles. The van der Waals surface area contributed by atoms with Gasteiger partial charge in [0.05, 0.1) is 18.9 Å². The van der Waals surface area contributed by atoms with Crippen LogP contribution in [0.5, 0.6) is 5.75 Å². The summed E-state index contributed by atoms with van der Waals surface area (Å²) < 4.78 is 7.56. The topological polar surface area (TPSA) is 55.6 Å². The van der Waals surface area contributed by atoms with Crippen LogP contribution in [-0.2, 0) is 0 Å². The molecule has 0 spiro atoms. The molecule has 0 saturated carbocycles. The first-order chi connectivity index (χ1) is 15.4. The van der Waals surface area contributed by atoms with Crippen molar-refractivity contribution in [3.8, 4) is 11.4 Å². The van der Waals surface area contributed by atoms with Crippen LogP contribution < -0.4 is 10.2 Å². The second-order valence-electron chi connectivity index (χ2n) is 7.64. The number of aromatic nitrogens is 1. The fourth-order valence-corrected chi connectivity index (χ4v) is 4.08. The average molecular weight is 446 g/mol. The highest BCUT2D eigenvalue weighted by Gasteiger charge is 2.15. The van der Waals surface area contributed by atoms with Crippen molar-refractivity contribution in [2.75, 3.05) is 7.11 Å². The van der Waals surface area contributed by atoms with Crippen molar-refractivity contribution in [3.05, 3.63) is 93.8 Å². The SMILES string of the molecule is COc1cc2ccccc2cc1C(=O)NN=Cc1cc(C)n(-c2cccc(Cl)c2C)c1C. The molecule has 6 heteroatoms. The minimum atomic E-state index is -0.330. The molecule has 1 aromatic heterocycles. The van der Waals surface area contributed by atoms with Gasteiger partial charge in [0.15, 0.2) is 0 Å². The predicted octanol–water partition coefficient (Wildman–Crippen LogP) is 5.98. The molecule has 162 valence electrons. The summed E-state index contributed by atoms with van der Waals surface area (Å²) in [6.07, 6.45) is 1.66.